The molecule has 1 aromatic rings. The van der Waals surface area contributed by atoms with E-state index in [2.05, 4.69) is 17.5 Å². The number of fused-ring (bicyclic) bond motifs is 1. The quantitative estimate of drug-likeness (QED) is 0.680. The second-order valence-electron chi connectivity index (χ2n) is 6.54. The van der Waals surface area contributed by atoms with Crippen LogP contribution in [0.15, 0.2) is 54.4 Å². The number of hydrogen-bond acceptors (Lipinski definition) is 3. The molecule has 132 valence electrons. The maximum absolute atomic E-state index is 13.5. The van der Waals surface area contributed by atoms with Crippen molar-refractivity contribution in [3.05, 3.63) is 71.1 Å². The lowest BCUT2D eigenvalue weighted by atomic mass is 9.81. The highest BCUT2D eigenvalue weighted by atomic mass is 19.1. The van der Waals surface area contributed by atoms with Crippen molar-refractivity contribution in [3.8, 4) is 6.07 Å². The van der Waals surface area contributed by atoms with Crippen molar-refractivity contribution in [2.45, 2.75) is 32.0 Å². The van der Waals surface area contributed by atoms with Gasteiger partial charge in [0, 0.05) is 0 Å². The molecule has 0 bridgehead atoms. The molecular weight excluding hydrogens is 315 g/mol. The molecule has 0 amide bonds. The number of allylic oxidation sites excluding steroid dienone is 3. The Hall–Kier alpha value is -2.22. The van der Waals surface area contributed by atoms with Crippen molar-refractivity contribution in [1.29, 1.82) is 5.26 Å². The van der Waals surface area contributed by atoms with Crippen molar-refractivity contribution < 1.29 is 9.13 Å². The monoisotopic (exact) mass is 340 g/mol. The van der Waals surface area contributed by atoms with E-state index in [1.165, 1.54) is 12.2 Å². The Morgan fingerprint density at radius 1 is 1.44 bits per heavy atom. The summed E-state index contributed by atoms with van der Waals surface area (Å²) < 4.78 is 19.7. The Morgan fingerprint density at radius 3 is 2.84 bits per heavy atom. The predicted octanol–water partition coefficient (Wildman–Crippen LogP) is 4.61. The smallest absolute Gasteiger partial charge is 0.118 e. The van der Waals surface area contributed by atoms with E-state index >= 15 is 0 Å². The molecule has 4 heteroatoms. The summed E-state index contributed by atoms with van der Waals surface area (Å²) in [6, 6.07) is 7.78. The summed E-state index contributed by atoms with van der Waals surface area (Å²) in [6.45, 7) is 7.19. The minimum Gasteiger partial charge on any atom is -0.361 e. The van der Waals surface area contributed by atoms with Crippen molar-refractivity contribution in [2.75, 3.05) is 20.6 Å². The number of ether oxygens (including phenoxy) is 1. The summed E-state index contributed by atoms with van der Waals surface area (Å²) in [5.74, 6) is -0.303. The van der Waals surface area contributed by atoms with E-state index in [0.29, 0.717) is 12.2 Å². The molecule has 1 atom stereocenters. The Morgan fingerprint density at radius 2 is 2.20 bits per heavy atom. The Labute approximate surface area is 149 Å². The first-order valence-corrected chi connectivity index (χ1v) is 8.44. The fourth-order valence-electron chi connectivity index (χ4n) is 3.14. The van der Waals surface area contributed by atoms with Crippen LogP contribution in [0.2, 0.25) is 0 Å². The van der Waals surface area contributed by atoms with Crippen LogP contribution >= 0.6 is 0 Å². The molecule has 1 heterocycles. The van der Waals surface area contributed by atoms with Crippen molar-refractivity contribution in [2.24, 2.45) is 0 Å². The molecule has 0 radical (unpaired) electrons. The lowest BCUT2D eigenvalue weighted by Crippen LogP contribution is -2.28. The standard InChI is InChI=1S/C21H25FN2O/c1-5-19(22)9-7-16(2)21(11-6-12-24(3)4)20-10-8-17(14-23)13-18(20)15-25-21/h5,7-10,13H,2,6,11-12,15H2,1,3-4H3/b9-7-,19-5+/t21-/m1/s1. The molecule has 0 saturated heterocycles. The molecule has 0 saturated carbocycles. The summed E-state index contributed by atoms with van der Waals surface area (Å²) in [6.07, 6.45) is 6.20. The minimum atomic E-state index is -0.663. The second-order valence-corrected chi connectivity index (χ2v) is 6.54. The summed E-state index contributed by atoms with van der Waals surface area (Å²) in [4.78, 5) is 2.13. The van der Waals surface area contributed by atoms with E-state index < -0.39 is 5.60 Å². The van der Waals surface area contributed by atoms with Crippen LogP contribution in [0.5, 0.6) is 0 Å². The fraction of sp³-hybridized carbons (Fsp3) is 0.381. The van der Waals surface area contributed by atoms with Gasteiger partial charge < -0.3 is 9.64 Å². The molecule has 1 aliphatic rings. The minimum absolute atomic E-state index is 0.303. The number of halogens is 1. The summed E-state index contributed by atoms with van der Waals surface area (Å²) >= 11 is 0. The maximum Gasteiger partial charge on any atom is 0.118 e. The van der Waals surface area contributed by atoms with Crippen LogP contribution in [0, 0.1) is 11.3 Å². The van der Waals surface area contributed by atoms with Gasteiger partial charge in [0.25, 0.3) is 0 Å². The third-order valence-corrected chi connectivity index (χ3v) is 4.52. The SMILES string of the molecule is C=C(/C=C\C(F)=C/C)[C@@]1(CCCN(C)C)OCc2cc(C#N)ccc21. The highest BCUT2D eigenvalue weighted by molar-refractivity contribution is 5.48. The van der Waals surface area contributed by atoms with Crippen molar-refractivity contribution in [1.82, 2.24) is 4.90 Å². The first kappa shape index (κ1) is 19.1. The van der Waals surface area contributed by atoms with Gasteiger partial charge in [-0.2, -0.15) is 5.26 Å². The molecule has 0 aliphatic carbocycles. The predicted molar refractivity (Wildman–Crippen MR) is 98.6 cm³/mol. The van der Waals surface area contributed by atoms with Gasteiger partial charge in [-0.1, -0.05) is 24.8 Å². The molecule has 0 aromatic heterocycles. The average Bonchev–Trinajstić information content (AvgIpc) is 2.98. The van der Waals surface area contributed by atoms with Crippen LogP contribution in [0.1, 0.15) is 36.5 Å². The summed E-state index contributed by atoms with van der Waals surface area (Å²) in [5, 5.41) is 9.11. The highest BCUT2D eigenvalue weighted by Gasteiger charge is 2.41. The Kier molecular flexibility index (Phi) is 6.30. The highest BCUT2D eigenvalue weighted by Crippen LogP contribution is 2.45. The number of hydrogen-bond donors (Lipinski definition) is 0. The van der Waals surface area contributed by atoms with E-state index in [-0.39, 0.29) is 5.83 Å². The molecular formula is C21H25FN2O. The Bertz CT molecular complexity index is 743. The molecule has 0 spiro atoms. The van der Waals surface area contributed by atoms with E-state index in [0.717, 1.165) is 36.1 Å². The normalized spacial score (nSPS) is 20.1. The van der Waals surface area contributed by atoms with Crippen LogP contribution in [-0.2, 0) is 16.9 Å². The van der Waals surface area contributed by atoms with Gasteiger partial charge in [0.05, 0.1) is 18.2 Å². The van der Waals surface area contributed by atoms with Gasteiger partial charge >= 0.3 is 0 Å². The number of nitrogens with zero attached hydrogens (tertiary/aromatic N) is 2. The molecule has 1 aromatic carbocycles. The second kappa shape index (κ2) is 8.24. The third-order valence-electron chi connectivity index (χ3n) is 4.52. The van der Waals surface area contributed by atoms with Crippen molar-refractivity contribution >= 4 is 0 Å². The van der Waals surface area contributed by atoms with Gasteiger partial charge in [-0.15, -0.1) is 0 Å². The lowest BCUT2D eigenvalue weighted by molar-refractivity contribution is -0.0142. The Balaban J connectivity index is 2.37. The van der Waals surface area contributed by atoms with Crippen LogP contribution in [0.3, 0.4) is 0 Å². The van der Waals surface area contributed by atoms with Gasteiger partial charge in [-0.25, -0.2) is 4.39 Å². The molecule has 3 nitrogen and oxygen atoms in total. The van der Waals surface area contributed by atoms with E-state index in [4.69, 9.17) is 10.00 Å². The maximum atomic E-state index is 13.5. The molecule has 0 fully saturated rings. The zero-order chi connectivity index (χ0) is 18.4. The van der Waals surface area contributed by atoms with Gasteiger partial charge in [0.2, 0.25) is 0 Å². The van der Waals surface area contributed by atoms with E-state index in [1.54, 1.807) is 19.1 Å². The van der Waals surface area contributed by atoms with Crippen LogP contribution in [0.25, 0.3) is 0 Å². The van der Waals surface area contributed by atoms with Gasteiger partial charge in [0.1, 0.15) is 11.4 Å². The summed E-state index contributed by atoms with van der Waals surface area (Å²) in [5.41, 5.74) is 2.72. The number of benzene rings is 1. The molecule has 1 aliphatic heterocycles. The molecule has 2 rings (SSSR count). The largest absolute Gasteiger partial charge is 0.361 e. The number of rotatable bonds is 7. The van der Waals surface area contributed by atoms with Gasteiger partial charge in [0.15, 0.2) is 0 Å². The van der Waals surface area contributed by atoms with Gasteiger partial charge in [-0.3, -0.25) is 0 Å². The average molecular weight is 340 g/mol. The van der Waals surface area contributed by atoms with E-state index in [1.807, 2.05) is 26.2 Å². The zero-order valence-electron chi connectivity index (χ0n) is 15.2. The van der Waals surface area contributed by atoms with Crippen LogP contribution in [-0.4, -0.2) is 25.5 Å². The fourth-order valence-corrected chi connectivity index (χ4v) is 3.14. The molecule has 0 N–H and O–H groups in total. The first-order chi connectivity index (χ1) is 11.9. The van der Waals surface area contributed by atoms with Crippen LogP contribution in [0.4, 0.5) is 4.39 Å². The molecule has 0 unspecified atom stereocenters. The number of nitriles is 1. The lowest BCUT2D eigenvalue weighted by Gasteiger charge is -2.31. The first-order valence-electron chi connectivity index (χ1n) is 8.44. The van der Waals surface area contributed by atoms with Crippen LogP contribution < -0.4 is 0 Å². The van der Waals surface area contributed by atoms with E-state index in [9.17, 15) is 4.39 Å². The zero-order valence-corrected chi connectivity index (χ0v) is 15.2. The third kappa shape index (κ3) is 4.25. The van der Waals surface area contributed by atoms with Crippen molar-refractivity contribution in [3.63, 3.8) is 0 Å². The topological polar surface area (TPSA) is 36.3 Å². The summed E-state index contributed by atoms with van der Waals surface area (Å²) in [7, 11) is 4.07. The van der Waals surface area contributed by atoms with Gasteiger partial charge in [-0.05, 0) is 75.3 Å². The molecule has 25 heavy (non-hydrogen) atoms.